The lowest BCUT2D eigenvalue weighted by molar-refractivity contribution is -0.137. The van der Waals surface area contributed by atoms with Crippen LogP contribution in [0.1, 0.15) is 38.5 Å². The zero-order valence-corrected chi connectivity index (χ0v) is 18.1. The van der Waals surface area contributed by atoms with Crippen LogP contribution in [0.25, 0.3) is 11.4 Å². The van der Waals surface area contributed by atoms with Crippen molar-refractivity contribution >= 4 is 18.1 Å². The molecule has 29 heavy (non-hydrogen) atoms. The summed E-state index contributed by atoms with van der Waals surface area (Å²) in [5.74, 6) is 1.45. The number of likely N-dealkylation sites (tertiary alicyclic amines) is 2. The molecule has 6 nitrogen and oxygen atoms in total. The topological polar surface area (TPSA) is 46.3 Å². The molecule has 2 aliphatic heterocycles. The first-order chi connectivity index (χ1) is 14.1. The number of hydrogen-bond donors (Lipinski definition) is 0. The Balaban J connectivity index is 1.36. The molecule has 3 heterocycles. The summed E-state index contributed by atoms with van der Waals surface area (Å²) in [6.45, 7) is 4.42. The van der Waals surface area contributed by atoms with Crippen LogP contribution in [0.4, 0.5) is 0 Å². The molecule has 2 saturated heterocycles. The minimum Gasteiger partial charge on any atom is -0.342 e. The first-order valence-corrected chi connectivity index (χ1v) is 11.2. The van der Waals surface area contributed by atoms with E-state index in [0.717, 1.165) is 68.0 Å². The standard InChI is InChI=1S/C22H31N5OS/c1-24-20(18-9-5-4-6-10-18)23-27(22(24)29)17-25-15-11-19(12-16-25)21(28)26-13-7-2-3-8-14-26/h4-6,9-10,19H,2-3,7-8,11-17H2,1H3. The van der Waals surface area contributed by atoms with Crippen LogP contribution in [0.5, 0.6) is 0 Å². The van der Waals surface area contributed by atoms with Crippen LogP contribution >= 0.6 is 12.2 Å². The van der Waals surface area contributed by atoms with Gasteiger partial charge in [0.15, 0.2) is 10.6 Å². The van der Waals surface area contributed by atoms with Crippen molar-refractivity contribution in [2.75, 3.05) is 26.2 Å². The second-order valence-electron chi connectivity index (χ2n) is 8.30. The molecule has 0 aliphatic carbocycles. The fourth-order valence-electron chi connectivity index (χ4n) is 4.48. The summed E-state index contributed by atoms with van der Waals surface area (Å²) >= 11 is 5.62. The van der Waals surface area contributed by atoms with Crippen molar-refractivity contribution in [1.82, 2.24) is 24.1 Å². The maximum absolute atomic E-state index is 12.9. The van der Waals surface area contributed by atoms with Gasteiger partial charge in [-0.2, -0.15) is 5.10 Å². The second kappa shape index (κ2) is 9.22. The van der Waals surface area contributed by atoms with E-state index < -0.39 is 0 Å². The van der Waals surface area contributed by atoms with Gasteiger partial charge < -0.3 is 9.47 Å². The van der Waals surface area contributed by atoms with E-state index in [2.05, 4.69) is 21.9 Å². The molecule has 2 aromatic rings. The predicted octanol–water partition coefficient (Wildman–Crippen LogP) is 3.69. The number of nitrogens with zero attached hydrogens (tertiary/aromatic N) is 5. The van der Waals surface area contributed by atoms with E-state index in [9.17, 15) is 4.79 Å². The highest BCUT2D eigenvalue weighted by Gasteiger charge is 2.29. The highest BCUT2D eigenvalue weighted by atomic mass is 32.1. The normalized spacial score (nSPS) is 19.3. The molecular weight excluding hydrogens is 382 g/mol. The minimum atomic E-state index is 0.181. The Hall–Kier alpha value is -1.99. The summed E-state index contributed by atoms with van der Waals surface area (Å²) in [6.07, 6.45) is 6.70. The molecule has 0 spiro atoms. The highest BCUT2D eigenvalue weighted by Crippen LogP contribution is 2.23. The van der Waals surface area contributed by atoms with Crippen molar-refractivity contribution < 1.29 is 4.79 Å². The molecule has 0 bridgehead atoms. The van der Waals surface area contributed by atoms with Crippen molar-refractivity contribution in [3.05, 3.63) is 35.1 Å². The Morgan fingerprint density at radius 1 is 1.03 bits per heavy atom. The average Bonchev–Trinajstić information content (AvgIpc) is 2.95. The van der Waals surface area contributed by atoms with Gasteiger partial charge in [0.05, 0.1) is 6.67 Å². The number of carbonyl (C=O) groups excluding carboxylic acids is 1. The summed E-state index contributed by atoms with van der Waals surface area (Å²) in [5, 5.41) is 4.77. The highest BCUT2D eigenvalue weighted by molar-refractivity contribution is 7.71. The molecule has 0 N–H and O–H groups in total. The molecule has 0 unspecified atom stereocenters. The van der Waals surface area contributed by atoms with E-state index in [0.29, 0.717) is 12.6 Å². The van der Waals surface area contributed by atoms with Crippen molar-refractivity contribution in [3.63, 3.8) is 0 Å². The summed E-state index contributed by atoms with van der Waals surface area (Å²) in [4.78, 5) is 17.4. The molecule has 1 aromatic heterocycles. The van der Waals surface area contributed by atoms with Crippen molar-refractivity contribution in [2.45, 2.75) is 45.2 Å². The van der Waals surface area contributed by atoms with Crippen LogP contribution < -0.4 is 0 Å². The van der Waals surface area contributed by atoms with Gasteiger partial charge in [0.2, 0.25) is 5.91 Å². The van der Waals surface area contributed by atoms with Crippen LogP contribution in [0, 0.1) is 10.7 Å². The average molecular weight is 414 g/mol. The van der Waals surface area contributed by atoms with E-state index in [4.69, 9.17) is 17.3 Å². The van der Waals surface area contributed by atoms with Gasteiger partial charge in [-0.3, -0.25) is 9.69 Å². The van der Waals surface area contributed by atoms with Gasteiger partial charge in [0.1, 0.15) is 0 Å². The molecule has 1 amide bonds. The van der Waals surface area contributed by atoms with Crippen LogP contribution in [0.2, 0.25) is 0 Å². The van der Waals surface area contributed by atoms with Crippen LogP contribution in [-0.2, 0) is 18.5 Å². The molecule has 1 aromatic carbocycles. The smallest absolute Gasteiger partial charge is 0.225 e. The number of hydrogen-bond acceptors (Lipinski definition) is 4. The molecular formula is C22H31N5OS. The summed E-state index contributed by atoms with van der Waals surface area (Å²) < 4.78 is 4.61. The van der Waals surface area contributed by atoms with E-state index >= 15 is 0 Å². The molecule has 4 rings (SSSR count). The van der Waals surface area contributed by atoms with Gasteiger partial charge in [-0.1, -0.05) is 43.2 Å². The Morgan fingerprint density at radius 3 is 2.34 bits per heavy atom. The quantitative estimate of drug-likeness (QED) is 0.717. The lowest BCUT2D eigenvalue weighted by atomic mass is 9.95. The minimum absolute atomic E-state index is 0.181. The molecule has 0 atom stereocenters. The third-order valence-corrected chi connectivity index (χ3v) is 6.75. The fourth-order valence-corrected chi connectivity index (χ4v) is 4.66. The third kappa shape index (κ3) is 4.61. The Kier molecular flexibility index (Phi) is 6.45. The van der Waals surface area contributed by atoms with E-state index in [-0.39, 0.29) is 5.92 Å². The lowest BCUT2D eigenvalue weighted by Gasteiger charge is -2.33. The zero-order valence-electron chi connectivity index (χ0n) is 17.3. The maximum Gasteiger partial charge on any atom is 0.225 e. The van der Waals surface area contributed by atoms with E-state index in [1.807, 2.05) is 34.5 Å². The van der Waals surface area contributed by atoms with Crippen LogP contribution in [0.3, 0.4) is 0 Å². The van der Waals surface area contributed by atoms with Gasteiger partial charge in [0.25, 0.3) is 0 Å². The van der Waals surface area contributed by atoms with E-state index in [1.54, 1.807) is 0 Å². The molecule has 2 fully saturated rings. The van der Waals surface area contributed by atoms with Gasteiger partial charge in [-0.15, -0.1) is 0 Å². The summed E-state index contributed by atoms with van der Waals surface area (Å²) in [5.41, 5.74) is 1.07. The molecule has 0 saturated carbocycles. The zero-order chi connectivity index (χ0) is 20.2. The van der Waals surface area contributed by atoms with Gasteiger partial charge >= 0.3 is 0 Å². The number of aromatic nitrogens is 3. The molecule has 156 valence electrons. The lowest BCUT2D eigenvalue weighted by Crippen LogP contribution is -2.43. The Labute approximate surface area is 178 Å². The summed E-state index contributed by atoms with van der Waals surface area (Å²) in [7, 11) is 1.97. The number of piperidine rings is 1. The van der Waals surface area contributed by atoms with E-state index in [1.165, 1.54) is 12.8 Å². The first kappa shape index (κ1) is 20.3. The van der Waals surface area contributed by atoms with Crippen molar-refractivity contribution in [3.8, 4) is 11.4 Å². The van der Waals surface area contributed by atoms with Crippen molar-refractivity contribution in [2.24, 2.45) is 13.0 Å². The van der Waals surface area contributed by atoms with Crippen molar-refractivity contribution in [1.29, 1.82) is 0 Å². The largest absolute Gasteiger partial charge is 0.342 e. The molecule has 2 aliphatic rings. The van der Waals surface area contributed by atoms with Gasteiger partial charge in [-0.05, 0) is 37.9 Å². The Bertz CT molecular complexity index is 874. The second-order valence-corrected chi connectivity index (χ2v) is 8.67. The maximum atomic E-state index is 12.9. The number of rotatable bonds is 4. The predicted molar refractivity (Wildman–Crippen MR) is 117 cm³/mol. The fraction of sp³-hybridized carbons (Fsp3) is 0.591. The van der Waals surface area contributed by atoms with Gasteiger partial charge in [0, 0.05) is 44.7 Å². The SMILES string of the molecule is Cn1c(-c2ccccc2)nn(CN2CCC(C(=O)N3CCCCCC3)CC2)c1=S. The van der Waals surface area contributed by atoms with Gasteiger partial charge in [-0.25, -0.2) is 4.68 Å². The third-order valence-electron chi connectivity index (χ3n) is 6.26. The molecule has 0 radical (unpaired) electrons. The van der Waals surface area contributed by atoms with Crippen LogP contribution in [-0.4, -0.2) is 56.2 Å². The number of benzene rings is 1. The number of amides is 1. The summed E-state index contributed by atoms with van der Waals surface area (Å²) in [6, 6.07) is 10.2. The Morgan fingerprint density at radius 2 is 1.69 bits per heavy atom. The number of carbonyl (C=O) groups is 1. The van der Waals surface area contributed by atoms with Crippen LogP contribution in [0.15, 0.2) is 30.3 Å². The first-order valence-electron chi connectivity index (χ1n) is 10.8. The molecule has 7 heteroatoms. The monoisotopic (exact) mass is 413 g/mol.